The van der Waals surface area contributed by atoms with Crippen LogP contribution >= 0.6 is 0 Å². The van der Waals surface area contributed by atoms with E-state index in [2.05, 4.69) is 15.2 Å². The summed E-state index contributed by atoms with van der Waals surface area (Å²) in [4.78, 5) is 18.2. The van der Waals surface area contributed by atoms with Gasteiger partial charge in [0, 0.05) is 25.1 Å². The van der Waals surface area contributed by atoms with Crippen molar-refractivity contribution >= 4 is 16.8 Å². The first-order chi connectivity index (χ1) is 11.2. The molecule has 0 saturated heterocycles. The molecule has 0 radical (unpaired) electrons. The Bertz CT molecular complexity index is 775. The minimum atomic E-state index is -0.0559. The van der Waals surface area contributed by atoms with Gasteiger partial charge in [-0.1, -0.05) is 30.3 Å². The van der Waals surface area contributed by atoms with Crippen LogP contribution in [-0.2, 0) is 24.3 Å². The highest BCUT2D eigenvalue weighted by Gasteiger charge is 2.14. The van der Waals surface area contributed by atoms with E-state index in [1.807, 2.05) is 37.4 Å². The van der Waals surface area contributed by atoms with Gasteiger partial charge in [0.2, 0.25) is 11.8 Å². The van der Waals surface area contributed by atoms with Gasteiger partial charge in [-0.25, -0.2) is 0 Å². The summed E-state index contributed by atoms with van der Waals surface area (Å²) in [5, 5.41) is 9.31. The van der Waals surface area contributed by atoms with E-state index in [-0.39, 0.29) is 12.5 Å². The molecular formula is C16H19N5O2. The number of benzene rings is 1. The van der Waals surface area contributed by atoms with Crippen LogP contribution in [0, 0.1) is 0 Å². The van der Waals surface area contributed by atoms with Crippen molar-refractivity contribution in [2.45, 2.75) is 32.9 Å². The van der Waals surface area contributed by atoms with E-state index in [1.54, 1.807) is 16.6 Å². The summed E-state index contributed by atoms with van der Waals surface area (Å²) in [6.07, 6.45) is 3.57. The fourth-order valence-corrected chi connectivity index (χ4v) is 2.33. The summed E-state index contributed by atoms with van der Waals surface area (Å²) < 4.78 is 6.78. The molecule has 23 heavy (non-hydrogen) atoms. The Kier molecular flexibility index (Phi) is 4.36. The fraction of sp³-hybridized carbons (Fsp3) is 0.375. The van der Waals surface area contributed by atoms with Gasteiger partial charge >= 0.3 is 0 Å². The van der Waals surface area contributed by atoms with E-state index in [1.165, 1.54) is 0 Å². The molecule has 0 aliphatic rings. The van der Waals surface area contributed by atoms with Gasteiger partial charge in [0.15, 0.2) is 5.82 Å². The standard InChI is InChI=1S/C16H19N5O2/c1-3-6-15-17-14(19-23-15)10-20(2)16(22)11-21-9-12-7-4-5-8-13(12)18-21/h4-5,7-9H,3,6,10-11H2,1-2H3. The van der Waals surface area contributed by atoms with Crippen LogP contribution in [0.4, 0.5) is 0 Å². The maximum absolute atomic E-state index is 12.3. The van der Waals surface area contributed by atoms with Gasteiger partial charge in [0.1, 0.15) is 6.54 Å². The zero-order chi connectivity index (χ0) is 16.2. The van der Waals surface area contributed by atoms with Crippen molar-refractivity contribution in [2.75, 3.05) is 7.05 Å². The molecule has 7 heteroatoms. The first-order valence-electron chi connectivity index (χ1n) is 7.63. The molecule has 3 rings (SSSR count). The van der Waals surface area contributed by atoms with Crippen LogP contribution in [0.25, 0.3) is 10.9 Å². The summed E-state index contributed by atoms with van der Waals surface area (Å²) >= 11 is 0. The molecule has 2 aromatic heterocycles. The van der Waals surface area contributed by atoms with Gasteiger partial charge in [-0.2, -0.15) is 10.1 Å². The second-order valence-electron chi connectivity index (χ2n) is 5.49. The molecule has 1 amide bonds. The Morgan fingerprint density at radius 1 is 1.35 bits per heavy atom. The number of hydrogen-bond acceptors (Lipinski definition) is 5. The van der Waals surface area contributed by atoms with Crippen LogP contribution in [0.1, 0.15) is 25.1 Å². The number of carbonyl (C=O) groups excluding carboxylic acids is 1. The summed E-state index contributed by atoms with van der Waals surface area (Å²) in [5.41, 5.74) is 0.880. The molecular weight excluding hydrogens is 294 g/mol. The first-order valence-corrected chi connectivity index (χ1v) is 7.63. The summed E-state index contributed by atoms with van der Waals surface area (Å²) in [6.45, 7) is 2.56. The predicted molar refractivity (Wildman–Crippen MR) is 84.5 cm³/mol. The monoisotopic (exact) mass is 313 g/mol. The zero-order valence-electron chi connectivity index (χ0n) is 13.3. The fourth-order valence-electron chi connectivity index (χ4n) is 2.33. The third-order valence-electron chi connectivity index (χ3n) is 3.54. The molecule has 0 fully saturated rings. The number of likely N-dealkylation sites (N-methyl/N-ethyl adjacent to an activating group) is 1. The van der Waals surface area contributed by atoms with Crippen molar-refractivity contribution < 1.29 is 9.32 Å². The maximum atomic E-state index is 12.3. The van der Waals surface area contributed by atoms with Crippen LogP contribution in [0.15, 0.2) is 35.0 Å². The van der Waals surface area contributed by atoms with E-state index in [9.17, 15) is 4.79 Å². The van der Waals surface area contributed by atoms with Crippen molar-refractivity contribution in [3.63, 3.8) is 0 Å². The summed E-state index contributed by atoms with van der Waals surface area (Å²) in [7, 11) is 1.72. The van der Waals surface area contributed by atoms with Gasteiger partial charge in [-0.3, -0.25) is 9.48 Å². The van der Waals surface area contributed by atoms with Crippen molar-refractivity contribution in [2.24, 2.45) is 0 Å². The highest BCUT2D eigenvalue weighted by atomic mass is 16.5. The largest absolute Gasteiger partial charge is 0.339 e. The molecule has 2 heterocycles. The minimum absolute atomic E-state index is 0.0559. The lowest BCUT2D eigenvalue weighted by atomic mass is 10.3. The Hall–Kier alpha value is -2.70. The van der Waals surface area contributed by atoms with E-state index < -0.39 is 0 Å². The number of amides is 1. The Labute approximate surface area is 133 Å². The van der Waals surface area contributed by atoms with Crippen molar-refractivity contribution in [1.29, 1.82) is 0 Å². The third kappa shape index (κ3) is 3.56. The summed E-state index contributed by atoms with van der Waals surface area (Å²) in [5.74, 6) is 1.08. The smallest absolute Gasteiger partial charge is 0.244 e. The van der Waals surface area contributed by atoms with E-state index in [0.29, 0.717) is 18.3 Å². The van der Waals surface area contributed by atoms with Crippen LogP contribution in [0.3, 0.4) is 0 Å². The Morgan fingerprint density at radius 3 is 2.96 bits per heavy atom. The highest BCUT2D eigenvalue weighted by molar-refractivity contribution is 5.79. The molecule has 1 aromatic carbocycles. The number of aryl methyl sites for hydroxylation is 1. The number of nitrogens with zero attached hydrogens (tertiary/aromatic N) is 5. The van der Waals surface area contributed by atoms with Crippen LogP contribution in [0.2, 0.25) is 0 Å². The first kappa shape index (κ1) is 15.2. The van der Waals surface area contributed by atoms with E-state index >= 15 is 0 Å². The molecule has 0 atom stereocenters. The lowest BCUT2D eigenvalue weighted by Crippen LogP contribution is -2.30. The van der Waals surface area contributed by atoms with Gasteiger partial charge in [-0.15, -0.1) is 0 Å². The van der Waals surface area contributed by atoms with Crippen molar-refractivity contribution in [1.82, 2.24) is 24.8 Å². The molecule has 0 spiro atoms. The molecule has 0 aliphatic carbocycles. The molecule has 120 valence electrons. The second kappa shape index (κ2) is 6.60. The molecule has 3 aromatic rings. The predicted octanol–water partition coefficient (Wildman–Crippen LogP) is 2.03. The molecule has 0 unspecified atom stereocenters. The SMILES string of the molecule is CCCc1nc(CN(C)C(=O)Cn2cc3ccccc3n2)no1. The Balaban J connectivity index is 1.62. The molecule has 7 nitrogen and oxygen atoms in total. The van der Waals surface area contributed by atoms with Gasteiger partial charge in [0.25, 0.3) is 0 Å². The maximum Gasteiger partial charge on any atom is 0.244 e. The highest BCUT2D eigenvalue weighted by Crippen LogP contribution is 2.11. The number of hydrogen-bond donors (Lipinski definition) is 0. The quantitative estimate of drug-likeness (QED) is 0.696. The van der Waals surface area contributed by atoms with Gasteiger partial charge in [0.05, 0.1) is 12.1 Å². The molecule has 0 N–H and O–H groups in total. The summed E-state index contributed by atoms with van der Waals surface area (Å²) in [6, 6.07) is 7.78. The third-order valence-corrected chi connectivity index (χ3v) is 3.54. The zero-order valence-corrected chi connectivity index (χ0v) is 13.3. The van der Waals surface area contributed by atoms with Crippen LogP contribution in [-0.4, -0.2) is 37.8 Å². The number of rotatable bonds is 6. The van der Waals surface area contributed by atoms with Crippen LogP contribution in [0.5, 0.6) is 0 Å². The van der Waals surface area contributed by atoms with Gasteiger partial charge < -0.3 is 9.42 Å². The van der Waals surface area contributed by atoms with Crippen LogP contribution < -0.4 is 0 Å². The normalized spacial score (nSPS) is 11.0. The lowest BCUT2D eigenvalue weighted by molar-refractivity contribution is -0.131. The molecule has 0 saturated carbocycles. The number of carbonyl (C=O) groups is 1. The van der Waals surface area contributed by atoms with Crippen molar-refractivity contribution in [3.05, 3.63) is 42.2 Å². The topological polar surface area (TPSA) is 77.1 Å². The van der Waals surface area contributed by atoms with Crippen molar-refractivity contribution in [3.8, 4) is 0 Å². The number of aromatic nitrogens is 4. The molecule has 0 aliphatic heterocycles. The lowest BCUT2D eigenvalue weighted by Gasteiger charge is -2.14. The second-order valence-corrected chi connectivity index (χ2v) is 5.49. The molecule has 0 bridgehead atoms. The van der Waals surface area contributed by atoms with E-state index in [0.717, 1.165) is 23.7 Å². The van der Waals surface area contributed by atoms with Gasteiger partial charge in [-0.05, 0) is 12.5 Å². The Morgan fingerprint density at radius 2 is 2.17 bits per heavy atom. The number of fused-ring (bicyclic) bond motifs is 1. The average Bonchev–Trinajstić information content (AvgIpc) is 3.13. The van der Waals surface area contributed by atoms with E-state index in [4.69, 9.17) is 4.52 Å². The minimum Gasteiger partial charge on any atom is -0.339 e. The average molecular weight is 313 g/mol.